The number of anilines is 2. The number of nitrogens with one attached hydrogen (secondary N) is 1. The molecule has 1 aromatic heterocycles. The first-order valence-corrected chi connectivity index (χ1v) is 7.76. The third kappa shape index (κ3) is 3.24. The third-order valence-electron chi connectivity index (χ3n) is 3.49. The van der Waals surface area contributed by atoms with E-state index in [0.717, 1.165) is 31.7 Å². The standard InChI is InChI=1S/C15H14BrFN4O/c16-10-3-4-12(11(17)7-10)20-15(22)13-8-14(19-9-18-13)21-5-1-2-6-21/h3-4,7-9H,1-2,5-6H2,(H,20,22). The van der Waals surface area contributed by atoms with Crippen molar-refractivity contribution in [3.05, 3.63) is 46.6 Å². The summed E-state index contributed by atoms with van der Waals surface area (Å²) in [5.74, 6) is -0.227. The van der Waals surface area contributed by atoms with Gasteiger partial charge in [-0.3, -0.25) is 4.79 Å². The molecule has 7 heteroatoms. The molecule has 5 nitrogen and oxygen atoms in total. The molecule has 0 spiro atoms. The van der Waals surface area contributed by atoms with Crippen molar-refractivity contribution < 1.29 is 9.18 Å². The number of amides is 1. The normalized spacial score (nSPS) is 14.2. The van der Waals surface area contributed by atoms with Crippen LogP contribution in [0.4, 0.5) is 15.9 Å². The fraction of sp³-hybridized carbons (Fsp3) is 0.267. The summed E-state index contributed by atoms with van der Waals surface area (Å²) in [7, 11) is 0. The lowest BCUT2D eigenvalue weighted by atomic mass is 10.3. The van der Waals surface area contributed by atoms with Gasteiger partial charge in [0.05, 0.1) is 5.69 Å². The van der Waals surface area contributed by atoms with Gasteiger partial charge in [0.15, 0.2) is 0 Å². The van der Waals surface area contributed by atoms with Gasteiger partial charge < -0.3 is 10.2 Å². The maximum Gasteiger partial charge on any atom is 0.274 e. The van der Waals surface area contributed by atoms with E-state index in [2.05, 4.69) is 36.1 Å². The molecule has 1 N–H and O–H groups in total. The van der Waals surface area contributed by atoms with Crippen LogP contribution in [0.2, 0.25) is 0 Å². The Bertz CT molecular complexity index is 704. The van der Waals surface area contributed by atoms with Gasteiger partial charge in [0.2, 0.25) is 0 Å². The summed E-state index contributed by atoms with van der Waals surface area (Å²) in [6.07, 6.45) is 3.60. The first kappa shape index (κ1) is 14.9. The van der Waals surface area contributed by atoms with E-state index >= 15 is 0 Å². The zero-order chi connectivity index (χ0) is 15.5. The lowest BCUT2D eigenvalue weighted by Gasteiger charge is -2.16. The topological polar surface area (TPSA) is 58.1 Å². The SMILES string of the molecule is O=C(Nc1ccc(Br)cc1F)c1cc(N2CCCC2)ncn1. The van der Waals surface area contributed by atoms with Crippen LogP contribution in [0.15, 0.2) is 35.1 Å². The molecule has 0 unspecified atom stereocenters. The summed E-state index contributed by atoms with van der Waals surface area (Å²) >= 11 is 3.18. The average Bonchev–Trinajstić information content (AvgIpc) is 3.04. The summed E-state index contributed by atoms with van der Waals surface area (Å²) in [6.45, 7) is 1.86. The van der Waals surface area contributed by atoms with E-state index < -0.39 is 11.7 Å². The number of hydrogen-bond donors (Lipinski definition) is 1. The van der Waals surface area contributed by atoms with Gasteiger partial charge in [0.1, 0.15) is 23.7 Å². The monoisotopic (exact) mass is 364 g/mol. The van der Waals surface area contributed by atoms with Gasteiger partial charge in [0.25, 0.3) is 5.91 Å². The van der Waals surface area contributed by atoms with E-state index in [0.29, 0.717) is 4.47 Å². The Hall–Kier alpha value is -2.02. The third-order valence-corrected chi connectivity index (χ3v) is 3.99. The first-order chi connectivity index (χ1) is 10.6. The quantitative estimate of drug-likeness (QED) is 0.908. The van der Waals surface area contributed by atoms with Gasteiger partial charge in [-0.2, -0.15) is 0 Å². The maximum atomic E-state index is 13.8. The van der Waals surface area contributed by atoms with E-state index in [1.54, 1.807) is 12.1 Å². The van der Waals surface area contributed by atoms with Crippen molar-refractivity contribution in [1.82, 2.24) is 9.97 Å². The Balaban J connectivity index is 1.78. The molecule has 1 saturated heterocycles. The van der Waals surface area contributed by atoms with Crippen LogP contribution in [0.3, 0.4) is 0 Å². The number of carbonyl (C=O) groups is 1. The largest absolute Gasteiger partial charge is 0.357 e. The van der Waals surface area contributed by atoms with Crippen LogP contribution < -0.4 is 10.2 Å². The van der Waals surface area contributed by atoms with Crippen molar-refractivity contribution >= 4 is 33.3 Å². The highest BCUT2D eigenvalue weighted by molar-refractivity contribution is 9.10. The van der Waals surface area contributed by atoms with Crippen LogP contribution >= 0.6 is 15.9 Å². The fourth-order valence-electron chi connectivity index (χ4n) is 2.37. The highest BCUT2D eigenvalue weighted by Crippen LogP contribution is 2.21. The van der Waals surface area contributed by atoms with E-state index in [9.17, 15) is 9.18 Å². The number of aromatic nitrogens is 2. The molecule has 1 aliphatic rings. The second-order valence-corrected chi connectivity index (χ2v) is 5.95. The second kappa shape index (κ2) is 6.39. The summed E-state index contributed by atoms with van der Waals surface area (Å²) < 4.78 is 14.4. The van der Waals surface area contributed by atoms with Gasteiger partial charge in [0, 0.05) is 23.6 Å². The van der Waals surface area contributed by atoms with Gasteiger partial charge in [-0.1, -0.05) is 15.9 Å². The van der Waals surface area contributed by atoms with Gasteiger partial charge in [-0.05, 0) is 31.0 Å². The molecule has 0 bridgehead atoms. The average molecular weight is 365 g/mol. The van der Waals surface area contributed by atoms with Crippen molar-refractivity contribution in [3.8, 4) is 0 Å². The van der Waals surface area contributed by atoms with Gasteiger partial charge >= 0.3 is 0 Å². The predicted octanol–water partition coefficient (Wildman–Crippen LogP) is 3.23. The highest BCUT2D eigenvalue weighted by Gasteiger charge is 2.17. The molecular weight excluding hydrogens is 351 g/mol. The Morgan fingerprint density at radius 2 is 2.00 bits per heavy atom. The summed E-state index contributed by atoms with van der Waals surface area (Å²) in [6, 6.07) is 6.09. The molecule has 1 aromatic carbocycles. The van der Waals surface area contributed by atoms with Crippen LogP contribution in [0.25, 0.3) is 0 Å². The smallest absolute Gasteiger partial charge is 0.274 e. The van der Waals surface area contributed by atoms with E-state index in [4.69, 9.17) is 0 Å². The fourth-order valence-corrected chi connectivity index (χ4v) is 2.70. The van der Waals surface area contributed by atoms with Crippen LogP contribution in [0, 0.1) is 5.82 Å². The van der Waals surface area contributed by atoms with Crippen molar-refractivity contribution in [1.29, 1.82) is 0 Å². The molecule has 1 amide bonds. The Labute approximate surface area is 135 Å². The molecule has 0 aliphatic carbocycles. The molecule has 2 heterocycles. The summed E-state index contributed by atoms with van der Waals surface area (Å²) in [4.78, 5) is 22.5. The van der Waals surface area contributed by atoms with Crippen LogP contribution in [0.1, 0.15) is 23.3 Å². The zero-order valence-electron chi connectivity index (χ0n) is 11.7. The maximum absolute atomic E-state index is 13.8. The zero-order valence-corrected chi connectivity index (χ0v) is 13.3. The Morgan fingerprint density at radius 1 is 1.23 bits per heavy atom. The van der Waals surface area contributed by atoms with Crippen LogP contribution in [-0.2, 0) is 0 Å². The highest BCUT2D eigenvalue weighted by atomic mass is 79.9. The lowest BCUT2D eigenvalue weighted by Crippen LogP contribution is -2.21. The Kier molecular flexibility index (Phi) is 4.33. The molecule has 1 aliphatic heterocycles. The molecule has 3 rings (SSSR count). The Morgan fingerprint density at radius 3 is 2.73 bits per heavy atom. The number of carbonyl (C=O) groups excluding carboxylic acids is 1. The van der Waals surface area contributed by atoms with Crippen molar-refractivity contribution in [2.45, 2.75) is 12.8 Å². The van der Waals surface area contributed by atoms with Crippen molar-refractivity contribution in [2.24, 2.45) is 0 Å². The van der Waals surface area contributed by atoms with E-state index in [1.807, 2.05) is 0 Å². The molecule has 0 radical (unpaired) electrons. The predicted molar refractivity (Wildman–Crippen MR) is 85.5 cm³/mol. The molecular formula is C15H14BrFN4O. The van der Waals surface area contributed by atoms with E-state index in [1.165, 1.54) is 18.5 Å². The first-order valence-electron chi connectivity index (χ1n) is 6.97. The summed E-state index contributed by atoms with van der Waals surface area (Å²) in [5, 5.41) is 2.53. The number of rotatable bonds is 3. The van der Waals surface area contributed by atoms with Crippen molar-refractivity contribution in [3.63, 3.8) is 0 Å². The second-order valence-electron chi connectivity index (χ2n) is 5.03. The number of benzene rings is 1. The lowest BCUT2D eigenvalue weighted by molar-refractivity contribution is 0.102. The molecule has 0 atom stereocenters. The summed E-state index contributed by atoms with van der Waals surface area (Å²) in [5.41, 5.74) is 0.341. The van der Waals surface area contributed by atoms with Gasteiger partial charge in [-0.15, -0.1) is 0 Å². The number of hydrogen-bond acceptors (Lipinski definition) is 4. The van der Waals surface area contributed by atoms with Gasteiger partial charge in [-0.25, -0.2) is 14.4 Å². The molecule has 0 saturated carbocycles. The minimum absolute atomic E-state index is 0.120. The van der Waals surface area contributed by atoms with Crippen molar-refractivity contribution in [2.75, 3.05) is 23.3 Å². The van der Waals surface area contributed by atoms with Crippen LogP contribution in [0.5, 0.6) is 0 Å². The van der Waals surface area contributed by atoms with Crippen LogP contribution in [-0.4, -0.2) is 29.0 Å². The number of nitrogens with zero attached hydrogens (tertiary/aromatic N) is 3. The minimum atomic E-state index is -0.503. The molecule has 22 heavy (non-hydrogen) atoms. The molecule has 1 fully saturated rings. The number of halogens is 2. The van der Waals surface area contributed by atoms with E-state index in [-0.39, 0.29) is 11.4 Å². The molecule has 114 valence electrons. The minimum Gasteiger partial charge on any atom is -0.357 e. The molecule has 2 aromatic rings.